The van der Waals surface area contributed by atoms with Crippen LogP contribution in [0, 0.1) is 11.3 Å². The Bertz CT molecular complexity index is 375. The lowest BCUT2D eigenvalue weighted by Gasteiger charge is -2.38. The Morgan fingerprint density at radius 1 is 1.37 bits per heavy atom. The van der Waals surface area contributed by atoms with E-state index in [1.807, 2.05) is 4.90 Å². The second-order valence-corrected chi connectivity index (χ2v) is 6.53. The highest BCUT2D eigenvalue weighted by Crippen LogP contribution is 2.53. The molecule has 2 aliphatic rings. The molecule has 1 aliphatic carbocycles. The zero-order valence-corrected chi connectivity index (χ0v) is 11.3. The molecular formula is C13H20F3NO2. The molecule has 1 N–H and O–H groups in total. The smallest absolute Gasteiger partial charge is 0.393 e. The molecule has 1 atom stereocenters. The highest BCUT2D eigenvalue weighted by molar-refractivity contribution is 5.68. The normalized spacial score (nSPS) is 29.4. The van der Waals surface area contributed by atoms with Crippen molar-refractivity contribution in [1.82, 2.24) is 4.90 Å². The lowest BCUT2D eigenvalue weighted by Crippen LogP contribution is -2.49. The van der Waals surface area contributed by atoms with Crippen molar-refractivity contribution in [2.75, 3.05) is 13.1 Å². The summed E-state index contributed by atoms with van der Waals surface area (Å²) in [4.78, 5) is 12.6. The minimum Gasteiger partial charge on any atom is -0.481 e. The first-order valence-corrected chi connectivity index (χ1v) is 6.60. The second-order valence-electron chi connectivity index (χ2n) is 6.53. The molecular weight excluding hydrogens is 259 g/mol. The first kappa shape index (κ1) is 14.6. The van der Waals surface area contributed by atoms with E-state index >= 15 is 0 Å². The summed E-state index contributed by atoms with van der Waals surface area (Å²) in [5, 5.41) is 8.88. The zero-order valence-electron chi connectivity index (χ0n) is 11.3. The molecule has 1 unspecified atom stereocenters. The minimum atomic E-state index is -4.18. The maximum absolute atomic E-state index is 13.0. The maximum atomic E-state index is 13.0. The first-order chi connectivity index (χ1) is 8.57. The fourth-order valence-corrected chi connectivity index (χ4v) is 3.29. The highest BCUT2D eigenvalue weighted by atomic mass is 19.4. The Morgan fingerprint density at radius 2 is 1.95 bits per heavy atom. The van der Waals surface area contributed by atoms with Gasteiger partial charge in [-0.15, -0.1) is 0 Å². The van der Waals surface area contributed by atoms with Crippen molar-refractivity contribution < 1.29 is 23.1 Å². The number of hydrogen-bond donors (Lipinski definition) is 1. The van der Waals surface area contributed by atoms with Gasteiger partial charge in [-0.2, -0.15) is 13.2 Å². The molecule has 1 aliphatic heterocycles. The third-order valence-corrected chi connectivity index (χ3v) is 4.76. The summed E-state index contributed by atoms with van der Waals surface area (Å²) >= 11 is 0. The molecule has 2 fully saturated rings. The van der Waals surface area contributed by atoms with Gasteiger partial charge in [0, 0.05) is 12.1 Å². The summed E-state index contributed by atoms with van der Waals surface area (Å²) in [6.07, 6.45) is -2.39. The number of hydrogen-bond acceptors (Lipinski definition) is 2. The van der Waals surface area contributed by atoms with E-state index in [4.69, 9.17) is 5.11 Å². The number of nitrogens with zero attached hydrogens (tertiary/aromatic N) is 1. The van der Waals surface area contributed by atoms with Crippen LogP contribution < -0.4 is 0 Å². The van der Waals surface area contributed by atoms with Gasteiger partial charge in [0.1, 0.15) is 0 Å². The monoisotopic (exact) mass is 279 g/mol. The topological polar surface area (TPSA) is 40.5 Å². The largest absolute Gasteiger partial charge is 0.481 e. The van der Waals surface area contributed by atoms with E-state index in [-0.39, 0.29) is 18.3 Å². The molecule has 19 heavy (non-hydrogen) atoms. The van der Waals surface area contributed by atoms with Gasteiger partial charge in [-0.1, -0.05) is 0 Å². The number of rotatable bonds is 4. The molecule has 0 aromatic rings. The van der Waals surface area contributed by atoms with Gasteiger partial charge in [-0.25, -0.2) is 0 Å². The lowest BCUT2D eigenvalue weighted by molar-refractivity contribution is -0.192. The number of carboxylic acids is 1. The Labute approximate surface area is 110 Å². The number of carboxylic acid groups (broad SMARTS) is 1. The molecule has 0 radical (unpaired) electrons. The van der Waals surface area contributed by atoms with Crippen LogP contribution in [0.1, 0.15) is 39.5 Å². The molecule has 2 rings (SSSR count). The summed E-state index contributed by atoms with van der Waals surface area (Å²) in [6, 6.07) is 0. The average Bonchev–Trinajstić information content (AvgIpc) is 2.85. The quantitative estimate of drug-likeness (QED) is 0.860. The van der Waals surface area contributed by atoms with Crippen LogP contribution in [0.4, 0.5) is 13.2 Å². The Morgan fingerprint density at radius 3 is 2.32 bits per heavy atom. The van der Waals surface area contributed by atoms with Crippen molar-refractivity contribution in [3.8, 4) is 0 Å². The lowest BCUT2D eigenvalue weighted by atomic mass is 9.87. The summed E-state index contributed by atoms with van der Waals surface area (Å²) in [5.74, 6) is -2.18. The van der Waals surface area contributed by atoms with Crippen LogP contribution in [-0.4, -0.2) is 40.8 Å². The van der Waals surface area contributed by atoms with Gasteiger partial charge in [0.15, 0.2) is 0 Å². The Hall–Kier alpha value is -0.780. The number of aliphatic carboxylic acids is 1. The number of halogens is 3. The maximum Gasteiger partial charge on any atom is 0.393 e. The standard InChI is InChI=1S/C13H20F3NO2/c1-11(2)9(13(14,15)16)3-6-17(11)8-12(4-5-12)7-10(18)19/h9H,3-8H2,1-2H3,(H,18,19). The van der Waals surface area contributed by atoms with Crippen molar-refractivity contribution in [2.45, 2.75) is 51.2 Å². The van der Waals surface area contributed by atoms with E-state index in [2.05, 4.69) is 0 Å². The van der Waals surface area contributed by atoms with Gasteiger partial charge in [-0.05, 0) is 45.1 Å². The molecule has 0 bridgehead atoms. The van der Waals surface area contributed by atoms with E-state index < -0.39 is 23.6 Å². The molecule has 0 aromatic heterocycles. The third-order valence-electron chi connectivity index (χ3n) is 4.76. The van der Waals surface area contributed by atoms with Crippen LogP contribution >= 0.6 is 0 Å². The summed E-state index contributed by atoms with van der Waals surface area (Å²) < 4.78 is 38.9. The predicted octanol–water partition coefficient (Wildman–Crippen LogP) is 2.90. The molecule has 0 amide bonds. The molecule has 3 nitrogen and oxygen atoms in total. The predicted molar refractivity (Wildman–Crippen MR) is 63.7 cm³/mol. The minimum absolute atomic E-state index is 0.0657. The molecule has 1 heterocycles. The van der Waals surface area contributed by atoms with Crippen molar-refractivity contribution >= 4 is 5.97 Å². The van der Waals surface area contributed by atoms with Crippen LogP contribution in [0.25, 0.3) is 0 Å². The van der Waals surface area contributed by atoms with Crippen molar-refractivity contribution in [3.05, 3.63) is 0 Å². The first-order valence-electron chi connectivity index (χ1n) is 6.60. The summed E-state index contributed by atoms with van der Waals surface area (Å²) in [5.41, 5.74) is -1.23. The second kappa shape index (κ2) is 4.36. The van der Waals surface area contributed by atoms with E-state index in [0.717, 1.165) is 12.8 Å². The third kappa shape index (κ3) is 2.88. The van der Waals surface area contributed by atoms with Gasteiger partial charge in [0.05, 0.1) is 12.3 Å². The van der Waals surface area contributed by atoms with E-state index in [1.54, 1.807) is 13.8 Å². The number of alkyl halides is 3. The van der Waals surface area contributed by atoms with Crippen LogP contribution in [0.2, 0.25) is 0 Å². The van der Waals surface area contributed by atoms with Crippen LogP contribution in [0.5, 0.6) is 0 Å². The van der Waals surface area contributed by atoms with Gasteiger partial charge in [-0.3, -0.25) is 9.69 Å². The fourth-order valence-electron chi connectivity index (χ4n) is 3.29. The molecule has 0 spiro atoms. The van der Waals surface area contributed by atoms with Gasteiger partial charge >= 0.3 is 12.1 Å². The van der Waals surface area contributed by atoms with Gasteiger partial charge in [0.25, 0.3) is 0 Å². The molecule has 1 saturated heterocycles. The Balaban J connectivity index is 2.05. The van der Waals surface area contributed by atoms with Crippen LogP contribution in [-0.2, 0) is 4.79 Å². The van der Waals surface area contributed by atoms with Crippen LogP contribution in [0.3, 0.4) is 0 Å². The molecule has 6 heteroatoms. The SMILES string of the molecule is CC1(C)C(C(F)(F)F)CCN1CC1(CC(=O)O)CC1. The van der Waals surface area contributed by atoms with Gasteiger partial charge < -0.3 is 5.11 Å². The molecule has 110 valence electrons. The summed E-state index contributed by atoms with van der Waals surface area (Å²) in [6.45, 7) is 4.11. The number of likely N-dealkylation sites (tertiary alicyclic amines) is 1. The molecule has 0 aromatic carbocycles. The van der Waals surface area contributed by atoms with E-state index in [0.29, 0.717) is 13.1 Å². The van der Waals surface area contributed by atoms with Crippen molar-refractivity contribution in [1.29, 1.82) is 0 Å². The van der Waals surface area contributed by atoms with Gasteiger partial charge in [0.2, 0.25) is 0 Å². The van der Waals surface area contributed by atoms with Crippen LogP contribution in [0.15, 0.2) is 0 Å². The fraction of sp³-hybridized carbons (Fsp3) is 0.923. The van der Waals surface area contributed by atoms with E-state index in [1.165, 1.54) is 0 Å². The van der Waals surface area contributed by atoms with E-state index in [9.17, 15) is 18.0 Å². The number of carbonyl (C=O) groups is 1. The highest BCUT2D eigenvalue weighted by Gasteiger charge is 2.57. The zero-order chi connectivity index (χ0) is 14.5. The summed E-state index contributed by atoms with van der Waals surface area (Å²) in [7, 11) is 0. The molecule has 1 saturated carbocycles. The average molecular weight is 279 g/mol. The van der Waals surface area contributed by atoms with Crippen molar-refractivity contribution in [3.63, 3.8) is 0 Å². The van der Waals surface area contributed by atoms with Crippen molar-refractivity contribution in [2.24, 2.45) is 11.3 Å². The Kier molecular flexibility index (Phi) is 3.36.